The van der Waals surface area contributed by atoms with Gasteiger partial charge in [0.25, 0.3) is 5.91 Å². The van der Waals surface area contributed by atoms with Crippen molar-refractivity contribution in [1.29, 1.82) is 0 Å². The molecule has 4 nitrogen and oxygen atoms in total. The van der Waals surface area contributed by atoms with E-state index in [1.54, 1.807) is 6.07 Å². The van der Waals surface area contributed by atoms with Gasteiger partial charge in [-0.1, -0.05) is 6.92 Å². The summed E-state index contributed by atoms with van der Waals surface area (Å²) in [7, 11) is 0. The van der Waals surface area contributed by atoms with Crippen molar-refractivity contribution in [2.75, 3.05) is 5.88 Å². The fraction of sp³-hybridized carbons (Fsp3) is 0.571. The Bertz CT molecular complexity index is 504. The third-order valence-corrected chi connectivity index (χ3v) is 4.41. The van der Waals surface area contributed by atoms with Crippen LogP contribution in [0.2, 0.25) is 0 Å². The quantitative estimate of drug-likeness (QED) is 0.836. The lowest BCUT2D eigenvalue weighted by Gasteiger charge is -2.38. The van der Waals surface area contributed by atoms with Crippen LogP contribution in [0.25, 0.3) is 0 Å². The zero-order chi connectivity index (χ0) is 13.9. The summed E-state index contributed by atoms with van der Waals surface area (Å²) < 4.78 is 0. The van der Waals surface area contributed by atoms with Gasteiger partial charge < -0.3 is 10.3 Å². The Balaban J connectivity index is 2.10. The SMILES string of the molecule is CC1CCC(CCl)(NC(=O)c2cc[nH]c(=O)c2)CC1. The number of H-pyrrole nitrogens is 1. The minimum absolute atomic E-state index is 0.221. The van der Waals surface area contributed by atoms with Crippen LogP contribution in [0, 0.1) is 5.92 Å². The van der Waals surface area contributed by atoms with E-state index in [0.29, 0.717) is 17.4 Å². The fourth-order valence-electron chi connectivity index (χ4n) is 2.51. The number of pyridine rings is 1. The lowest BCUT2D eigenvalue weighted by molar-refractivity contribution is 0.0872. The van der Waals surface area contributed by atoms with Crippen molar-refractivity contribution in [3.8, 4) is 0 Å². The summed E-state index contributed by atoms with van der Waals surface area (Å²) in [5.41, 5.74) is -0.218. The normalized spacial score (nSPS) is 26.9. The molecule has 2 rings (SSSR count). The third kappa shape index (κ3) is 3.38. The molecule has 1 fully saturated rings. The predicted octanol–water partition coefficient (Wildman–Crippen LogP) is 2.29. The summed E-state index contributed by atoms with van der Waals surface area (Å²) in [6.07, 6.45) is 5.41. The van der Waals surface area contributed by atoms with Gasteiger partial charge in [0.05, 0.1) is 5.54 Å². The van der Waals surface area contributed by atoms with E-state index < -0.39 is 0 Å². The van der Waals surface area contributed by atoms with Gasteiger partial charge in [-0.3, -0.25) is 9.59 Å². The van der Waals surface area contributed by atoms with Crippen LogP contribution in [0.3, 0.4) is 0 Å². The number of carbonyl (C=O) groups excluding carboxylic acids is 1. The van der Waals surface area contributed by atoms with E-state index in [1.165, 1.54) is 12.3 Å². The molecule has 19 heavy (non-hydrogen) atoms. The fourth-order valence-corrected chi connectivity index (χ4v) is 2.84. The number of carbonyl (C=O) groups is 1. The molecule has 1 aliphatic rings. The molecule has 1 aromatic heterocycles. The van der Waals surface area contributed by atoms with Gasteiger partial charge in [-0.25, -0.2) is 0 Å². The Morgan fingerprint density at radius 2 is 2.21 bits per heavy atom. The van der Waals surface area contributed by atoms with Gasteiger partial charge in [0.1, 0.15) is 0 Å². The number of nitrogens with one attached hydrogen (secondary N) is 2. The maximum atomic E-state index is 12.2. The maximum Gasteiger partial charge on any atom is 0.252 e. The van der Waals surface area contributed by atoms with E-state index in [9.17, 15) is 9.59 Å². The van der Waals surface area contributed by atoms with Crippen LogP contribution in [0.4, 0.5) is 0 Å². The van der Waals surface area contributed by atoms with Crippen LogP contribution >= 0.6 is 11.6 Å². The minimum atomic E-state index is -0.326. The van der Waals surface area contributed by atoms with E-state index in [1.807, 2.05) is 0 Å². The molecule has 104 valence electrons. The predicted molar refractivity (Wildman–Crippen MR) is 75.6 cm³/mol. The molecule has 1 aliphatic carbocycles. The zero-order valence-corrected chi connectivity index (χ0v) is 11.8. The molecule has 0 unspecified atom stereocenters. The van der Waals surface area contributed by atoms with Gasteiger partial charge in [-0.05, 0) is 37.7 Å². The number of halogens is 1. The summed E-state index contributed by atoms with van der Waals surface area (Å²) in [5, 5.41) is 3.02. The summed E-state index contributed by atoms with van der Waals surface area (Å²) >= 11 is 6.07. The van der Waals surface area contributed by atoms with Gasteiger partial charge in [0, 0.05) is 23.7 Å². The number of hydrogen-bond acceptors (Lipinski definition) is 2. The van der Waals surface area contributed by atoms with Crippen molar-refractivity contribution in [1.82, 2.24) is 10.3 Å². The first-order valence-electron chi connectivity index (χ1n) is 6.62. The third-order valence-electron chi connectivity index (χ3n) is 3.90. The van der Waals surface area contributed by atoms with E-state index in [4.69, 9.17) is 11.6 Å². The first-order valence-corrected chi connectivity index (χ1v) is 7.15. The number of rotatable bonds is 3. The Labute approximate surface area is 117 Å². The maximum absolute atomic E-state index is 12.2. The second-order valence-corrected chi connectivity index (χ2v) is 5.76. The van der Waals surface area contributed by atoms with Gasteiger partial charge in [0.15, 0.2) is 0 Å². The van der Waals surface area contributed by atoms with Crippen LogP contribution in [-0.2, 0) is 0 Å². The monoisotopic (exact) mass is 282 g/mol. The van der Waals surface area contributed by atoms with Crippen LogP contribution in [0.15, 0.2) is 23.1 Å². The van der Waals surface area contributed by atoms with Gasteiger partial charge >= 0.3 is 0 Å². The number of aromatic amines is 1. The van der Waals surface area contributed by atoms with Crippen molar-refractivity contribution in [3.63, 3.8) is 0 Å². The average molecular weight is 283 g/mol. The highest BCUT2D eigenvalue weighted by Crippen LogP contribution is 2.32. The smallest absolute Gasteiger partial charge is 0.252 e. The molecule has 1 amide bonds. The van der Waals surface area contributed by atoms with Crippen LogP contribution in [0.5, 0.6) is 0 Å². The molecule has 0 aliphatic heterocycles. The van der Waals surface area contributed by atoms with Crippen molar-refractivity contribution in [2.45, 2.75) is 38.1 Å². The number of alkyl halides is 1. The highest BCUT2D eigenvalue weighted by Gasteiger charge is 2.35. The highest BCUT2D eigenvalue weighted by molar-refractivity contribution is 6.19. The summed E-state index contributed by atoms with van der Waals surface area (Å²) in [6.45, 7) is 2.22. The zero-order valence-electron chi connectivity index (χ0n) is 11.0. The second kappa shape index (κ2) is 5.78. The van der Waals surface area contributed by atoms with E-state index in [-0.39, 0.29) is 17.0 Å². The van der Waals surface area contributed by atoms with Crippen molar-refractivity contribution >= 4 is 17.5 Å². The van der Waals surface area contributed by atoms with Crippen molar-refractivity contribution in [2.24, 2.45) is 5.92 Å². The van der Waals surface area contributed by atoms with Crippen molar-refractivity contribution < 1.29 is 4.79 Å². The lowest BCUT2D eigenvalue weighted by atomic mass is 9.78. The van der Waals surface area contributed by atoms with Crippen LogP contribution < -0.4 is 10.9 Å². The molecule has 0 atom stereocenters. The van der Waals surface area contributed by atoms with Gasteiger partial charge in [0.2, 0.25) is 5.56 Å². The Kier molecular flexibility index (Phi) is 4.30. The molecule has 1 saturated carbocycles. The molecule has 0 aromatic carbocycles. The van der Waals surface area contributed by atoms with E-state index >= 15 is 0 Å². The topological polar surface area (TPSA) is 62.0 Å². The number of hydrogen-bond donors (Lipinski definition) is 2. The molecular formula is C14H19ClN2O2. The van der Waals surface area contributed by atoms with Crippen LogP contribution in [-0.4, -0.2) is 22.3 Å². The van der Waals surface area contributed by atoms with E-state index in [2.05, 4.69) is 17.2 Å². The Hall–Kier alpha value is -1.29. The molecule has 1 aromatic rings. The molecule has 1 heterocycles. The molecule has 2 N–H and O–H groups in total. The standard InChI is InChI=1S/C14H19ClN2O2/c1-10-2-5-14(9-15,6-3-10)17-13(19)11-4-7-16-12(18)8-11/h4,7-8,10H,2-3,5-6,9H2,1H3,(H,16,18)(H,17,19). The van der Waals surface area contributed by atoms with Gasteiger partial charge in [-0.15, -0.1) is 11.6 Å². The second-order valence-electron chi connectivity index (χ2n) is 5.49. The summed E-state index contributed by atoms with van der Waals surface area (Å²) in [5.74, 6) is 0.878. The number of aromatic nitrogens is 1. The number of amides is 1. The molecule has 0 bridgehead atoms. The lowest BCUT2D eigenvalue weighted by Crippen LogP contribution is -2.52. The first-order chi connectivity index (χ1) is 9.04. The van der Waals surface area contributed by atoms with Gasteiger partial charge in [-0.2, -0.15) is 0 Å². The molecule has 0 saturated heterocycles. The van der Waals surface area contributed by atoms with Crippen molar-refractivity contribution in [3.05, 3.63) is 34.2 Å². The summed E-state index contributed by atoms with van der Waals surface area (Å²) in [6, 6.07) is 2.91. The largest absolute Gasteiger partial charge is 0.345 e. The molecular weight excluding hydrogens is 264 g/mol. The first kappa shape index (κ1) is 14.1. The molecule has 5 heteroatoms. The van der Waals surface area contributed by atoms with Crippen LogP contribution in [0.1, 0.15) is 43.0 Å². The minimum Gasteiger partial charge on any atom is -0.345 e. The average Bonchev–Trinajstić information content (AvgIpc) is 2.42. The highest BCUT2D eigenvalue weighted by atomic mass is 35.5. The Morgan fingerprint density at radius 3 is 2.79 bits per heavy atom. The molecule has 0 spiro atoms. The summed E-state index contributed by atoms with van der Waals surface area (Å²) in [4.78, 5) is 25.9. The molecule has 0 radical (unpaired) electrons. The van der Waals surface area contributed by atoms with E-state index in [0.717, 1.165) is 25.7 Å². The Morgan fingerprint density at radius 1 is 1.53 bits per heavy atom.